The first-order valence-electron chi connectivity index (χ1n) is 8.32. The molecule has 0 aliphatic carbocycles. The van der Waals surface area contributed by atoms with Crippen LogP contribution in [0.3, 0.4) is 0 Å². The van der Waals surface area contributed by atoms with Crippen molar-refractivity contribution in [1.29, 1.82) is 0 Å². The number of rotatable bonds is 7. The van der Waals surface area contributed by atoms with Crippen molar-refractivity contribution in [2.24, 2.45) is 7.05 Å². The summed E-state index contributed by atoms with van der Waals surface area (Å²) in [4.78, 5) is 12.2. The third-order valence-electron chi connectivity index (χ3n) is 4.03. The number of amides is 1. The Morgan fingerprint density at radius 3 is 2.69 bits per heavy atom. The Morgan fingerprint density at radius 1 is 1.27 bits per heavy atom. The first-order chi connectivity index (χ1) is 12.6. The van der Waals surface area contributed by atoms with Crippen LogP contribution in [0.15, 0.2) is 51.5 Å². The van der Waals surface area contributed by atoms with Crippen molar-refractivity contribution in [2.75, 3.05) is 0 Å². The van der Waals surface area contributed by atoms with Crippen LogP contribution in [0.5, 0.6) is 5.75 Å². The fourth-order valence-corrected chi connectivity index (χ4v) is 2.93. The number of ether oxygens (including phenoxy) is 1. The molecule has 1 N–H and O–H groups in total. The lowest BCUT2D eigenvalue weighted by atomic mass is 10.2. The van der Waals surface area contributed by atoms with Gasteiger partial charge in [0.25, 0.3) is 5.91 Å². The highest BCUT2D eigenvalue weighted by Crippen LogP contribution is 2.17. The number of furan rings is 1. The van der Waals surface area contributed by atoms with Crippen LogP contribution in [0, 0.1) is 0 Å². The van der Waals surface area contributed by atoms with Crippen LogP contribution in [-0.2, 0) is 26.6 Å². The third kappa shape index (κ3) is 4.35. The monoisotopic (exact) mass is 417 g/mol. The van der Waals surface area contributed by atoms with Crippen LogP contribution in [0.25, 0.3) is 0 Å². The molecule has 136 valence electrons. The smallest absolute Gasteiger partial charge is 0.287 e. The van der Waals surface area contributed by atoms with Gasteiger partial charge in [0.15, 0.2) is 5.76 Å². The predicted molar refractivity (Wildman–Crippen MR) is 101 cm³/mol. The number of hydrogen-bond acceptors (Lipinski definition) is 4. The maximum Gasteiger partial charge on any atom is 0.287 e. The Bertz CT molecular complexity index is 864. The second-order valence-electron chi connectivity index (χ2n) is 5.80. The third-order valence-corrected chi connectivity index (χ3v) is 4.69. The largest absolute Gasteiger partial charge is 0.486 e. The number of hydrogen-bond donors (Lipinski definition) is 1. The summed E-state index contributed by atoms with van der Waals surface area (Å²) in [5.41, 5.74) is 2.14. The second kappa shape index (κ2) is 8.23. The summed E-state index contributed by atoms with van der Waals surface area (Å²) in [5, 5.41) is 6.93. The molecule has 3 aromatic rings. The van der Waals surface area contributed by atoms with E-state index in [9.17, 15) is 4.79 Å². The Balaban J connectivity index is 1.54. The molecule has 7 heteroatoms. The molecule has 0 unspecified atom stereocenters. The Morgan fingerprint density at radius 2 is 2.04 bits per heavy atom. The van der Waals surface area contributed by atoms with E-state index in [0.29, 0.717) is 12.3 Å². The number of nitrogens with zero attached hydrogens (tertiary/aromatic N) is 2. The van der Waals surface area contributed by atoms with E-state index in [1.165, 1.54) is 5.56 Å². The van der Waals surface area contributed by atoms with Gasteiger partial charge < -0.3 is 14.5 Å². The van der Waals surface area contributed by atoms with Gasteiger partial charge in [-0.05, 0) is 52.2 Å². The SMILES string of the molecule is CCc1ccc(OCc2ccc(C(=O)NCc3c(Br)cnn3C)o2)cc1. The van der Waals surface area contributed by atoms with Crippen molar-refractivity contribution in [3.05, 3.63) is 69.8 Å². The van der Waals surface area contributed by atoms with Crippen molar-refractivity contribution in [3.8, 4) is 5.75 Å². The van der Waals surface area contributed by atoms with Gasteiger partial charge in [0.1, 0.15) is 18.1 Å². The highest BCUT2D eigenvalue weighted by Gasteiger charge is 2.13. The van der Waals surface area contributed by atoms with Gasteiger partial charge in [0, 0.05) is 7.05 Å². The van der Waals surface area contributed by atoms with E-state index in [-0.39, 0.29) is 18.3 Å². The molecule has 0 atom stereocenters. The molecule has 0 aliphatic rings. The topological polar surface area (TPSA) is 69.3 Å². The van der Waals surface area contributed by atoms with Gasteiger partial charge in [0.2, 0.25) is 0 Å². The van der Waals surface area contributed by atoms with Gasteiger partial charge in [-0.25, -0.2) is 0 Å². The molecule has 0 aliphatic heterocycles. The van der Waals surface area contributed by atoms with Crippen LogP contribution in [-0.4, -0.2) is 15.7 Å². The Kier molecular flexibility index (Phi) is 5.78. The molecule has 3 rings (SSSR count). The lowest BCUT2D eigenvalue weighted by Crippen LogP contribution is -2.23. The van der Waals surface area contributed by atoms with Crippen LogP contribution in [0.1, 0.15) is 34.5 Å². The molecule has 1 amide bonds. The molecule has 2 heterocycles. The number of halogens is 1. The van der Waals surface area contributed by atoms with E-state index in [4.69, 9.17) is 9.15 Å². The summed E-state index contributed by atoms with van der Waals surface area (Å²) in [5.74, 6) is 1.34. The lowest BCUT2D eigenvalue weighted by Gasteiger charge is -2.06. The van der Waals surface area contributed by atoms with E-state index in [0.717, 1.165) is 22.3 Å². The van der Waals surface area contributed by atoms with Gasteiger partial charge in [-0.1, -0.05) is 19.1 Å². The van der Waals surface area contributed by atoms with Crippen molar-refractivity contribution in [2.45, 2.75) is 26.5 Å². The lowest BCUT2D eigenvalue weighted by molar-refractivity contribution is 0.0918. The second-order valence-corrected chi connectivity index (χ2v) is 6.65. The zero-order valence-corrected chi connectivity index (χ0v) is 16.2. The molecule has 0 saturated heterocycles. The number of carbonyl (C=O) groups is 1. The Hall–Kier alpha value is -2.54. The predicted octanol–water partition coefficient (Wildman–Crippen LogP) is 3.85. The zero-order chi connectivity index (χ0) is 18.5. The molecule has 26 heavy (non-hydrogen) atoms. The number of aromatic nitrogens is 2. The molecule has 0 spiro atoms. The summed E-state index contributed by atoms with van der Waals surface area (Å²) >= 11 is 3.40. The van der Waals surface area contributed by atoms with E-state index in [1.807, 2.05) is 31.3 Å². The molecule has 2 aromatic heterocycles. The maximum absolute atomic E-state index is 12.2. The number of benzene rings is 1. The fourth-order valence-electron chi connectivity index (χ4n) is 2.44. The van der Waals surface area contributed by atoms with E-state index >= 15 is 0 Å². The van der Waals surface area contributed by atoms with Crippen LogP contribution < -0.4 is 10.1 Å². The average Bonchev–Trinajstić information content (AvgIpc) is 3.26. The van der Waals surface area contributed by atoms with E-state index in [1.54, 1.807) is 23.0 Å². The zero-order valence-electron chi connectivity index (χ0n) is 14.7. The summed E-state index contributed by atoms with van der Waals surface area (Å²) in [7, 11) is 1.82. The molecular weight excluding hydrogens is 398 g/mol. The molecule has 0 bridgehead atoms. The Labute approximate surface area is 160 Å². The molecular formula is C19H20BrN3O3. The average molecular weight is 418 g/mol. The quantitative estimate of drug-likeness (QED) is 0.633. The van der Waals surface area contributed by atoms with E-state index in [2.05, 4.69) is 33.3 Å². The van der Waals surface area contributed by atoms with Crippen molar-refractivity contribution < 1.29 is 13.9 Å². The number of aryl methyl sites for hydroxylation is 2. The maximum atomic E-state index is 12.2. The molecule has 1 aromatic carbocycles. The molecule has 0 radical (unpaired) electrons. The normalized spacial score (nSPS) is 10.7. The summed E-state index contributed by atoms with van der Waals surface area (Å²) in [6.07, 6.45) is 2.68. The molecule has 0 fully saturated rings. The van der Waals surface area contributed by atoms with Crippen molar-refractivity contribution >= 4 is 21.8 Å². The van der Waals surface area contributed by atoms with Crippen LogP contribution in [0.4, 0.5) is 0 Å². The van der Waals surface area contributed by atoms with Gasteiger partial charge >= 0.3 is 0 Å². The van der Waals surface area contributed by atoms with Crippen LogP contribution >= 0.6 is 15.9 Å². The molecule has 6 nitrogen and oxygen atoms in total. The van der Waals surface area contributed by atoms with Gasteiger partial charge in [-0.15, -0.1) is 0 Å². The van der Waals surface area contributed by atoms with Crippen LogP contribution in [0.2, 0.25) is 0 Å². The summed E-state index contributed by atoms with van der Waals surface area (Å²) in [6.45, 7) is 2.73. The minimum Gasteiger partial charge on any atom is -0.486 e. The van der Waals surface area contributed by atoms with Crippen molar-refractivity contribution in [3.63, 3.8) is 0 Å². The minimum atomic E-state index is -0.281. The first kappa shape index (κ1) is 18.3. The number of carbonyl (C=O) groups excluding carboxylic acids is 1. The summed E-state index contributed by atoms with van der Waals surface area (Å²) < 4.78 is 13.8. The fraction of sp³-hybridized carbons (Fsp3) is 0.263. The van der Waals surface area contributed by atoms with Gasteiger partial charge in [-0.3, -0.25) is 9.48 Å². The molecule has 0 saturated carbocycles. The highest BCUT2D eigenvalue weighted by atomic mass is 79.9. The first-order valence-corrected chi connectivity index (χ1v) is 9.11. The minimum absolute atomic E-state index is 0.253. The van der Waals surface area contributed by atoms with E-state index < -0.39 is 0 Å². The number of nitrogens with one attached hydrogen (secondary N) is 1. The standard InChI is InChI=1S/C19H20BrN3O3/c1-3-13-4-6-14(7-5-13)25-12-15-8-9-18(26-15)19(24)21-11-17-16(20)10-22-23(17)2/h4-10H,3,11-12H2,1-2H3,(H,21,24). The summed E-state index contributed by atoms with van der Waals surface area (Å²) in [6, 6.07) is 11.3. The van der Waals surface area contributed by atoms with Gasteiger partial charge in [0.05, 0.1) is 22.9 Å². The van der Waals surface area contributed by atoms with Crippen molar-refractivity contribution in [1.82, 2.24) is 15.1 Å². The highest BCUT2D eigenvalue weighted by molar-refractivity contribution is 9.10. The van der Waals surface area contributed by atoms with Gasteiger partial charge in [-0.2, -0.15) is 5.10 Å².